The third-order valence-corrected chi connectivity index (χ3v) is 5.34. The van der Waals surface area contributed by atoms with Crippen molar-refractivity contribution in [2.75, 3.05) is 13.2 Å². The second-order valence-corrected chi connectivity index (χ2v) is 7.29. The number of fused-ring (bicyclic) bond motifs is 2. The first kappa shape index (κ1) is 19.8. The Bertz CT molecular complexity index is 654. The Balaban J connectivity index is 1.50. The number of hydrogen-bond donors (Lipinski definition) is 2. The lowest BCUT2D eigenvalue weighted by Gasteiger charge is -2.25. The molecular weight excluding hydrogens is 344 g/mol. The Kier molecular flexibility index (Phi) is 7.21. The van der Waals surface area contributed by atoms with Crippen LogP contribution in [0.5, 0.6) is 0 Å². The van der Waals surface area contributed by atoms with Crippen LogP contribution in [-0.2, 0) is 20.7 Å². The van der Waals surface area contributed by atoms with Gasteiger partial charge in [-0.3, -0.25) is 0 Å². The van der Waals surface area contributed by atoms with E-state index < -0.39 is 12.1 Å². The van der Waals surface area contributed by atoms with E-state index in [9.17, 15) is 9.90 Å². The predicted molar refractivity (Wildman–Crippen MR) is 102 cm³/mol. The van der Waals surface area contributed by atoms with Crippen LogP contribution in [0.2, 0.25) is 0 Å². The summed E-state index contributed by atoms with van der Waals surface area (Å²) in [4.78, 5) is 10.4. The Morgan fingerprint density at radius 3 is 2.78 bits per heavy atom. The maximum absolute atomic E-state index is 10.4. The van der Waals surface area contributed by atoms with Crippen molar-refractivity contribution >= 4 is 5.97 Å². The molecule has 2 saturated heterocycles. The number of carboxylic acids is 1. The molecule has 2 aliphatic heterocycles. The lowest BCUT2D eigenvalue weighted by atomic mass is 9.77. The third kappa shape index (κ3) is 5.76. The summed E-state index contributed by atoms with van der Waals surface area (Å²) in [7, 11) is 0. The monoisotopic (exact) mass is 372 g/mol. The predicted octanol–water partition coefficient (Wildman–Crippen LogP) is 2.99. The van der Waals surface area contributed by atoms with E-state index in [1.165, 1.54) is 0 Å². The molecule has 3 rings (SSSR count). The summed E-state index contributed by atoms with van der Waals surface area (Å²) >= 11 is 0. The van der Waals surface area contributed by atoms with Gasteiger partial charge in [-0.2, -0.15) is 0 Å². The standard InChI is InChI=1S/C22H28O5/c23-17(14-16-6-2-1-3-7-16)9-10-19-18(20-11-12-21(19)27-20)8-4-5-13-26-15-22(24)25/h1-7,9-10,17-21,23H,8,11-15H2,(H,24,25)/t17?,18-,19+,20-,21+/m0/s1. The summed E-state index contributed by atoms with van der Waals surface area (Å²) in [6.45, 7) is 0.0382. The zero-order valence-electron chi connectivity index (χ0n) is 15.4. The molecule has 146 valence electrons. The molecule has 1 unspecified atom stereocenters. The van der Waals surface area contributed by atoms with Crippen molar-refractivity contribution in [3.8, 4) is 0 Å². The topological polar surface area (TPSA) is 76.0 Å². The van der Waals surface area contributed by atoms with Gasteiger partial charge in [-0.15, -0.1) is 0 Å². The highest BCUT2D eigenvalue weighted by Crippen LogP contribution is 2.45. The molecule has 5 nitrogen and oxygen atoms in total. The molecule has 0 saturated carbocycles. The molecule has 1 aromatic rings. The number of aliphatic hydroxyl groups is 1. The van der Waals surface area contributed by atoms with E-state index in [1.807, 2.05) is 42.5 Å². The Labute approximate surface area is 160 Å². The summed E-state index contributed by atoms with van der Waals surface area (Å²) in [6, 6.07) is 9.99. The van der Waals surface area contributed by atoms with E-state index in [-0.39, 0.29) is 18.8 Å². The summed E-state index contributed by atoms with van der Waals surface area (Å²) in [5, 5.41) is 18.9. The van der Waals surface area contributed by atoms with Crippen LogP contribution in [0.25, 0.3) is 0 Å². The molecule has 5 heteroatoms. The van der Waals surface area contributed by atoms with Crippen LogP contribution in [-0.4, -0.2) is 47.7 Å². The minimum Gasteiger partial charge on any atom is -0.480 e. The molecule has 2 N–H and O–H groups in total. The van der Waals surface area contributed by atoms with Gasteiger partial charge in [-0.05, 0) is 30.7 Å². The number of aliphatic hydroxyl groups excluding tert-OH is 1. The molecule has 5 atom stereocenters. The summed E-state index contributed by atoms with van der Waals surface area (Å²) in [6.07, 6.45) is 11.7. The molecule has 2 aliphatic rings. The molecule has 0 aliphatic carbocycles. The van der Waals surface area contributed by atoms with Crippen LogP contribution in [0.1, 0.15) is 24.8 Å². The van der Waals surface area contributed by atoms with Crippen LogP contribution in [0, 0.1) is 11.8 Å². The number of carbonyl (C=O) groups is 1. The van der Waals surface area contributed by atoms with Crippen LogP contribution < -0.4 is 0 Å². The van der Waals surface area contributed by atoms with Crippen LogP contribution in [0.3, 0.4) is 0 Å². The van der Waals surface area contributed by atoms with Crippen LogP contribution in [0.4, 0.5) is 0 Å². The number of allylic oxidation sites excluding steroid dienone is 1. The molecule has 2 fully saturated rings. The number of benzene rings is 1. The second kappa shape index (κ2) is 9.83. The van der Waals surface area contributed by atoms with Gasteiger partial charge in [0.05, 0.1) is 24.9 Å². The molecule has 2 heterocycles. The number of hydrogen-bond acceptors (Lipinski definition) is 4. The molecular formula is C22H28O5. The minimum atomic E-state index is -0.954. The zero-order valence-corrected chi connectivity index (χ0v) is 15.4. The molecule has 2 bridgehead atoms. The highest BCUT2D eigenvalue weighted by atomic mass is 16.5. The first-order valence-corrected chi connectivity index (χ1v) is 9.64. The van der Waals surface area contributed by atoms with Crippen molar-refractivity contribution in [1.29, 1.82) is 0 Å². The first-order valence-electron chi connectivity index (χ1n) is 9.64. The summed E-state index contributed by atoms with van der Waals surface area (Å²) < 4.78 is 11.1. The van der Waals surface area contributed by atoms with Gasteiger partial charge >= 0.3 is 5.97 Å². The lowest BCUT2D eigenvalue weighted by molar-refractivity contribution is -0.141. The van der Waals surface area contributed by atoms with Crippen molar-refractivity contribution in [2.45, 2.75) is 44.0 Å². The van der Waals surface area contributed by atoms with Gasteiger partial charge < -0.3 is 19.7 Å². The van der Waals surface area contributed by atoms with Crippen LogP contribution in [0.15, 0.2) is 54.6 Å². The van der Waals surface area contributed by atoms with E-state index in [0.29, 0.717) is 24.9 Å². The lowest BCUT2D eigenvalue weighted by Crippen LogP contribution is -2.25. The van der Waals surface area contributed by atoms with Crippen molar-refractivity contribution < 1.29 is 24.5 Å². The first-order chi connectivity index (χ1) is 13.1. The fourth-order valence-electron chi connectivity index (χ4n) is 4.10. The molecule has 1 aromatic carbocycles. The third-order valence-electron chi connectivity index (χ3n) is 5.34. The van der Waals surface area contributed by atoms with E-state index >= 15 is 0 Å². The minimum absolute atomic E-state index is 0.247. The molecule has 0 spiro atoms. The van der Waals surface area contributed by atoms with Gasteiger partial charge in [0.1, 0.15) is 6.61 Å². The number of rotatable bonds is 10. The second-order valence-electron chi connectivity index (χ2n) is 7.29. The van der Waals surface area contributed by atoms with Gasteiger partial charge in [0.15, 0.2) is 0 Å². The summed E-state index contributed by atoms with van der Waals surface area (Å²) in [5.74, 6) is -0.234. The van der Waals surface area contributed by atoms with E-state index in [4.69, 9.17) is 14.6 Å². The zero-order chi connectivity index (χ0) is 19.1. The molecule has 27 heavy (non-hydrogen) atoms. The SMILES string of the molecule is O=C(O)COCC=CC[C@H]1[C@@H](C=CC(O)Cc2ccccc2)[C@H]2CC[C@@H]1O2. The quantitative estimate of drug-likeness (QED) is 0.488. The average molecular weight is 372 g/mol. The van der Waals surface area contributed by atoms with Gasteiger partial charge in [0.25, 0.3) is 0 Å². The summed E-state index contributed by atoms with van der Waals surface area (Å²) in [5.41, 5.74) is 1.12. The number of ether oxygens (including phenoxy) is 2. The largest absolute Gasteiger partial charge is 0.480 e. The van der Waals surface area contributed by atoms with Crippen LogP contribution >= 0.6 is 0 Å². The normalized spacial score (nSPS) is 28.3. The van der Waals surface area contributed by atoms with Gasteiger partial charge in [-0.1, -0.05) is 54.6 Å². The highest BCUT2D eigenvalue weighted by Gasteiger charge is 2.46. The average Bonchev–Trinajstić information content (AvgIpc) is 3.25. The number of aliphatic carboxylic acids is 1. The fourth-order valence-corrected chi connectivity index (χ4v) is 4.10. The molecule has 0 amide bonds. The van der Waals surface area contributed by atoms with Crippen molar-refractivity contribution in [3.05, 3.63) is 60.2 Å². The van der Waals surface area contributed by atoms with E-state index in [1.54, 1.807) is 0 Å². The van der Waals surface area contributed by atoms with E-state index in [0.717, 1.165) is 24.8 Å². The van der Waals surface area contributed by atoms with Crippen molar-refractivity contribution in [3.63, 3.8) is 0 Å². The molecule has 0 radical (unpaired) electrons. The fraction of sp³-hybridized carbons (Fsp3) is 0.500. The Morgan fingerprint density at radius 2 is 2.00 bits per heavy atom. The van der Waals surface area contributed by atoms with Crippen molar-refractivity contribution in [2.24, 2.45) is 11.8 Å². The number of carboxylic acid groups (broad SMARTS) is 1. The molecule has 0 aromatic heterocycles. The Hall–Kier alpha value is -1.95. The van der Waals surface area contributed by atoms with Gasteiger partial charge in [-0.25, -0.2) is 4.79 Å². The van der Waals surface area contributed by atoms with Gasteiger partial charge in [0, 0.05) is 12.3 Å². The Morgan fingerprint density at radius 1 is 1.22 bits per heavy atom. The maximum Gasteiger partial charge on any atom is 0.329 e. The van der Waals surface area contributed by atoms with Gasteiger partial charge in [0.2, 0.25) is 0 Å². The van der Waals surface area contributed by atoms with Crippen molar-refractivity contribution in [1.82, 2.24) is 0 Å². The van der Waals surface area contributed by atoms with E-state index in [2.05, 4.69) is 12.2 Å². The highest BCUT2D eigenvalue weighted by molar-refractivity contribution is 5.67. The maximum atomic E-state index is 10.4. The smallest absolute Gasteiger partial charge is 0.329 e.